The Kier molecular flexibility index (Phi) is 4.42. The Bertz CT molecular complexity index is 568. The maximum atomic E-state index is 9.77. The van der Waals surface area contributed by atoms with Gasteiger partial charge in [-0.05, 0) is 79.4 Å². The molecule has 4 bridgehead atoms. The molecule has 0 radical (unpaired) electrons. The van der Waals surface area contributed by atoms with E-state index in [1.54, 1.807) is 0 Å². The Hall–Kier alpha value is -0.930. The first-order valence-corrected chi connectivity index (χ1v) is 9.95. The summed E-state index contributed by atoms with van der Waals surface area (Å²) >= 11 is 5.73. The lowest BCUT2D eigenvalue weighted by Crippen LogP contribution is -2.48. The van der Waals surface area contributed by atoms with Crippen molar-refractivity contribution in [1.29, 1.82) is 0 Å². The van der Waals surface area contributed by atoms with Crippen molar-refractivity contribution in [3.63, 3.8) is 0 Å². The predicted molar refractivity (Wildman–Crippen MR) is 101 cm³/mol. The van der Waals surface area contributed by atoms with E-state index in [1.165, 1.54) is 44.1 Å². The highest BCUT2D eigenvalue weighted by Gasteiger charge is 2.51. The molecule has 4 fully saturated rings. The second-order valence-corrected chi connectivity index (χ2v) is 8.71. The third-order valence-corrected chi connectivity index (χ3v) is 7.00. The fourth-order valence-corrected chi connectivity index (χ4v) is 6.09. The van der Waals surface area contributed by atoms with Gasteiger partial charge in [0.05, 0.1) is 23.4 Å². The van der Waals surface area contributed by atoms with Gasteiger partial charge in [0.2, 0.25) is 0 Å². The normalized spacial score (nSPS) is 35.0. The zero-order valence-corrected chi connectivity index (χ0v) is 15.3. The fourth-order valence-electron chi connectivity index (χ4n) is 5.98. The number of anilines is 2. The Morgan fingerprint density at radius 1 is 1.12 bits per heavy atom. The van der Waals surface area contributed by atoms with Crippen molar-refractivity contribution in [2.45, 2.75) is 50.0 Å². The second-order valence-electron chi connectivity index (χ2n) is 8.40. The van der Waals surface area contributed by atoms with Crippen LogP contribution in [0.2, 0.25) is 0 Å². The van der Waals surface area contributed by atoms with E-state index < -0.39 is 6.10 Å². The van der Waals surface area contributed by atoms with Gasteiger partial charge in [-0.3, -0.25) is 0 Å². The quantitative estimate of drug-likeness (QED) is 0.675. The Morgan fingerprint density at radius 2 is 1.75 bits per heavy atom. The molecule has 0 aliphatic heterocycles. The van der Waals surface area contributed by atoms with Gasteiger partial charge in [0.1, 0.15) is 0 Å². The molecular weight excluding hydrogens is 320 g/mol. The van der Waals surface area contributed by atoms with Crippen LogP contribution in [0.3, 0.4) is 0 Å². The van der Waals surface area contributed by atoms with E-state index in [0.29, 0.717) is 12.0 Å². The molecule has 0 aromatic heterocycles. The van der Waals surface area contributed by atoms with Crippen molar-refractivity contribution in [3.8, 4) is 0 Å². The van der Waals surface area contributed by atoms with Crippen molar-refractivity contribution < 1.29 is 5.11 Å². The van der Waals surface area contributed by atoms with Gasteiger partial charge in [-0.1, -0.05) is 6.07 Å². The van der Waals surface area contributed by atoms with Crippen molar-refractivity contribution in [3.05, 3.63) is 23.8 Å². The maximum absolute atomic E-state index is 9.77. The number of hydrogen-bond acceptors (Lipinski definition) is 3. The Balaban J connectivity index is 1.61. The first kappa shape index (κ1) is 16.5. The molecule has 5 rings (SSSR count). The highest BCUT2D eigenvalue weighted by atomic mass is 35.5. The van der Waals surface area contributed by atoms with Crippen LogP contribution < -0.4 is 10.6 Å². The van der Waals surface area contributed by atoms with Crippen LogP contribution in [0.15, 0.2) is 18.2 Å². The molecule has 24 heavy (non-hydrogen) atoms. The van der Waals surface area contributed by atoms with Crippen molar-refractivity contribution in [1.82, 2.24) is 0 Å². The SMILES string of the molecule is CNc1ccc(C23CC4CC(CC(C4)C2)C3)cc1NCC(O)CCl. The lowest BCUT2D eigenvalue weighted by atomic mass is 9.48. The van der Waals surface area contributed by atoms with Crippen LogP contribution in [0.4, 0.5) is 11.4 Å². The molecule has 1 aromatic rings. The molecule has 3 nitrogen and oxygen atoms in total. The minimum absolute atomic E-state index is 0.260. The summed E-state index contributed by atoms with van der Waals surface area (Å²) in [6.45, 7) is 0.489. The summed E-state index contributed by atoms with van der Waals surface area (Å²) in [6, 6.07) is 6.87. The molecular formula is C20H29ClN2O. The highest BCUT2D eigenvalue weighted by Crippen LogP contribution is 2.61. The van der Waals surface area contributed by atoms with Crippen LogP contribution in [-0.4, -0.2) is 30.7 Å². The van der Waals surface area contributed by atoms with E-state index in [1.807, 2.05) is 7.05 Å². The number of aliphatic hydroxyl groups is 1. The van der Waals surface area contributed by atoms with Gasteiger partial charge in [-0.2, -0.15) is 0 Å². The van der Waals surface area contributed by atoms with Gasteiger partial charge in [-0.15, -0.1) is 11.6 Å². The lowest BCUT2D eigenvalue weighted by Gasteiger charge is -2.57. The number of alkyl halides is 1. The van der Waals surface area contributed by atoms with E-state index in [0.717, 1.165) is 29.1 Å². The van der Waals surface area contributed by atoms with Gasteiger partial charge in [0.25, 0.3) is 0 Å². The molecule has 4 aliphatic carbocycles. The van der Waals surface area contributed by atoms with Gasteiger partial charge < -0.3 is 15.7 Å². The largest absolute Gasteiger partial charge is 0.390 e. The zero-order chi connectivity index (χ0) is 16.7. The molecule has 0 saturated heterocycles. The van der Waals surface area contributed by atoms with Gasteiger partial charge >= 0.3 is 0 Å². The minimum Gasteiger partial charge on any atom is -0.390 e. The molecule has 132 valence electrons. The maximum Gasteiger partial charge on any atom is 0.0847 e. The third-order valence-electron chi connectivity index (χ3n) is 6.65. The number of hydrogen-bond donors (Lipinski definition) is 3. The molecule has 0 heterocycles. The van der Waals surface area contributed by atoms with E-state index >= 15 is 0 Å². The molecule has 1 atom stereocenters. The number of aliphatic hydroxyl groups excluding tert-OH is 1. The van der Waals surface area contributed by atoms with E-state index in [-0.39, 0.29) is 5.88 Å². The van der Waals surface area contributed by atoms with Gasteiger partial charge in [0, 0.05) is 13.6 Å². The summed E-state index contributed by atoms with van der Waals surface area (Å²) < 4.78 is 0. The fraction of sp³-hybridized carbons (Fsp3) is 0.700. The molecule has 4 saturated carbocycles. The van der Waals surface area contributed by atoms with Crippen LogP contribution in [0.1, 0.15) is 44.1 Å². The van der Waals surface area contributed by atoms with Crippen LogP contribution >= 0.6 is 11.6 Å². The topological polar surface area (TPSA) is 44.3 Å². The molecule has 1 aromatic carbocycles. The number of benzene rings is 1. The number of halogens is 1. The molecule has 0 spiro atoms. The first-order chi connectivity index (χ1) is 11.6. The summed E-state index contributed by atoms with van der Waals surface area (Å²) in [5.74, 6) is 3.12. The molecule has 1 unspecified atom stereocenters. The van der Waals surface area contributed by atoms with Gasteiger partial charge in [-0.25, -0.2) is 0 Å². The third kappa shape index (κ3) is 2.90. The number of nitrogens with one attached hydrogen (secondary N) is 2. The summed E-state index contributed by atoms with van der Waals surface area (Å²) in [5, 5.41) is 16.4. The van der Waals surface area contributed by atoms with E-state index in [9.17, 15) is 5.11 Å². The average Bonchev–Trinajstić information content (AvgIpc) is 2.58. The molecule has 3 N–H and O–H groups in total. The van der Waals surface area contributed by atoms with Crippen LogP contribution in [0.5, 0.6) is 0 Å². The zero-order valence-electron chi connectivity index (χ0n) is 14.5. The van der Waals surface area contributed by atoms with E-state index in [2.05, 4.69) is 28.8 Å². The highest BCUT2D eigenvalue weighted by molar-refractivity contribution is 6.18. The minimum atomic E-state index is -0.514. The monoisotopic (exact) mass is 348 g/mol. The summed E-state index contributed by atoms with van der Waals surface area (Å²) in [7, 11) is 1.95. The Labute approximate surface area is 150 Å². The molecule has 4 aliphatic rings. The standard InChI is InChI=1S/C20H29ClN2O/c1-22-18-3-2-16(7-19(18)23-12-17(24)11-21)20-8-13-4-14(9-20)6-15(5-13)10-20/h2-3,7,13-15,17,22-24H,4-6,8-12H2,1H3. The van der Waals surface area contributed by atoms with Crippen molar-refractivity contribution in [2.75, 3.05) is 30.1 Å². The second kappa shape index (κ2) is 6.42. The first-order valence-electron chi connectivity index (χ1n) is 9.42. The average molecular weight is 349 g/mol. The van der Waals surface area contributed by atoms with E-state index in [4.69, 9.17) is 11.6 Å². The lowest BCUT2D eigenvalue weighted by molar-refractivity contribution is -0.00515. The number of rotatable bonds is 6. The van der Waals surface area contributed by atoms with Crippen LogP contribution in [0.25, 0.3) is 0 Å². The van der Waals surface area contributed by atoms with Crippen LogP contribution in [-0.2, 0) is 5.41 Å². The van der Waals surface area contributed by atoms with Crippen molar-refractivity contribution in [2.24, 2.45) is 17.8 Å². The molecule has 0 amide bonds. The predicted octanol–water partition coefficient (Wildman–Crippen LogP) is 4.21. The summed E-state index contributed by atoms with van der Waals surface area (Å²) in [5.41, 5.74) is 4.09. The Morgan fingerprint density at radius 3 is 2.29 bits per heavy atom. The summed E-state index contributed by atoms with van der Waals surface area (Å²) in [4.78, 5) is 0. The summed E-state index contributed by atoms with van der Waals surface area (Å²) in [6.07, 6.45) is 8.03. The molecule has 4 heteroatoms. The van der Waals surface area contributed by atoms with Crippen LogP contribution in [0, 0.1) is 17.8 Å². The van der Waals surface area contributed by atoms with Crippen molar-refractivity contribution >= 4 is 23.0 Å². The smallest absolute Gasteiger partial charge is 0.0847 e. The van der Waals surface area contributed by atoms with Gasteiger partial charge in [0.15, 0.2) is 0 Å².